The lowest BCUT2D eigenvalue weighted by molar-refractivity contribution is -0.115. The minimum absolute atomic E-state index is 0.0362. The van der Waals surface area contributed by atoms with E-state index in [1.54, 1.807) is 31.2 Å². The van der Waals surface area contributed by atoms with Crippen LogP contribution in [0.4, 0.5) is 5.69 Å². The molecule has 0 saturated heterocycles. The van der Waals surface area contributed by atoms with Crippen LogP contribution < -0.4 is 11.1 Å². The summed E-state index contributed by atoms with van der Waals surface area (Å²) in [4.78, 5) is 24.4. The summed E-state index contributed by atoms with van der Waals surface area (Å²) in [6.07, 6.45) is 1.94. The normalized spacial score (nSPS) is 10.2. The molecule has 2 rings (SSSR count). The van der Waals surface area contributed by atoms with E-state index in [1.165, 1.54) is 6.20 Å². The van der Waals surface area contributed by atoms with Gasteiger partial charge in [-0.2, -0.15) is 0 Å². The van der Waals surface area contributed by atoms with Crippen LogP contribution >= 0.6 is 0 Å². The molecule has 5 nitrogen and oxygen atoms in total. The lowest BCUT2D eigenvalue weighted by atomic mass is 10.1. The summed E-state index contributed by atoms with van der Waals surface area (Å²) in [5, 5.41) is 2.74. The Labute approximate surface area is 97.5 Å². The van der Waals surface area contributed by atoms with Crippen LogP contribution in [0, 0.1) is 0 Å². The summed E-state index contributed by atoms with van der Waals surface area (Å²) >= 11 is 0. The molecule has 2 aromatic rings. The van der Waals surface area contributed by atoms with Crippen LogP contribution in [0.2, 0.25) is 0 Å². The molecule has 1 aromatic heterocycles. The van der Waals surface area contributed by atoms with Gasteiger partial charge in [-0.1, -0.05) is 6.92 Å². The maximum absolute atomic E-state index is 11.2. The van der Waals surface area contributed by atoms with Crippen molar-refractivity contribution in [3.8, 4) is 11.3 Å². The van der Waals surface area contributed by atoms with Crippen molar-refractivity contribution in [3.05, 3.63) is 41.0 Å². The third kappa shape index (κ3) is 2.63. The summed E-state index contributed by atoms with van der Waals surface area (Å²) in [6.45, 7) is 1.79. The van der Waals surface area contributed by atoms with Crippen molar-refractivity contribution in [3.63, 3.8) is 0 Å². The van der Waals surface area contributed by atoms with E-state index < -0.39 is 5.76 Å². The molecule has 0 aliphatic carbocycles. The number of benzene rings is 1. The molecular weight excluding hydrogens is 220 g/mol. The van der Waals surface area contributed by atoms with Crippen molar-refractivity contribution >= 4 is 11.6 Å². The van der Waals surface area contributed by atoms with Gasteiger partial charge in [0.1, 0.15) is 0 Å². The van der Waals surface area contributed by atoms with Gasteiger partial charge in [0.25, 0.3) is 0 Å². The fourth-order valence-electron chi connectivity index (χ4n) is 1.39. The zero-order chi connectivity index (χ0) is 12.3. The molecule has 0 aliphatic rings. The fraction of sp³-hybridized carbons (Fsp3) is 0.167. The maximum Gasteiger partial charge on any atom is 0.416 e. The molecule has 0 fully saturated rings. The quantitative estimate of drug-likeness (QED) is 0.849. The number of hydrogen-bond acceptors (Lipinski definition) is 3. The van der Waals surface area contributed by atoms with Crippen molar-refractivity contribution < 1.29 is 9.21 Å². The molecule has 0 aliphatic heterocycles. The molecule has 17 heavy (non-hydrogen) atoms. The van der Waals surface area contributed by atoms with Crippen molar-refractivity contribution in [2.24, 2.45) is 0 Å². The average Bonchev–Trinajstić information content (AvgIpc) is 2.77. The van der Waals surface area contributed by atoms with Gasteiger partial charge in [-0.15, -0.1) is 0 Å². The Morgan fingerprint density at radius 1 is 1.35 bits per heavy atom. The third-order valence-corrected chi connectivity index (χ3v) is 2.30. The van der Waals surface area contributed by atoms with Crippen molar-refractivity contribution in [1.29, 1.82) is 0 Å². The zero-order valence-electron chi connectivity index (χ0n) is 9.32. The number of carbonyl (C=O) groups excluding carboxylic acids is 1. The van der Waals surface area contributed by atoms with Gasteiger partial charge < -0.3 is 9.73 Å². The van der Waals surface area contributed by atoms with E-state index in [-0.39, 0.29) is 5.91 Å². The van der Waals surface area contributed by atoms with Crippen LogP contribution in [-0.2, 0) is 4.79 Å². The van der Waals surface area contributed by atoms with Crippen molar-refractivity contribution in [2.75, 3.05) is 5.32 Å². The van der Waals surface area contributed by atoms with Gasteiger partial charge in [-0.05, 0) is 24.3 Å². The Morgan fingerprint density at radius 2 is 2.06 bits per heavy atom. The van der Waals surface area contributed by atoms with Crippen LogP contribution in [-0.4, -0.2) is 10.9 Å². The molecule has 1 aromatic carbocycles. The van der Waals surface area contributed by atoms with Gasteiger partial charge in [0.05, 0.1) is 6.20 Å². The number of hydrogen-bond donors (Lipinski definition) is 2. The van der Waals surface area contributed by atoms with Gasteiger partial charge in [-0.25, -0.2) is 4.79 Å². The molecule has 1 heterocycles. The molecule has 0 atom stereocenters. The summed E-state index contributed by atoms with van der Waals surface area (Å²) in [6, 6.07) is 7.07. The van der Waals surface area contributed by atoms with E-state index in [4.69, 9.17) is 4.42 Å². The predicted molar refractivity (Wildman–Crippen MR) is 63.7 cm³/mol. The minimum atomic E-state index is -0.483. The second-order valence-electron chi connectivity index (χ2n) is 3.52. The largest absolute Gasteiger partial charge is 0.416 e. The molecule has 0 unspecified atom stereocenters. The number of rotatable bonds is 3. The summed E-state index contributed by atoms with van der Waals surface area (Å²) < 4.78 is 4.91. The highest BCUT2D eigenvalue weighted by atomic mass is 16.4. The maximum atomic E-state index is 11.2. The van der Waals surface area contributed by atoms with Gasteiger partial charge in [0.15, 0.2) is 5.76 Å². The molecule has 5 heteroatoms. The lowest BCUT2D eigenvalue weighted by Gasteiger charge is -2.03. The lowest BCUT2D eigenvalue weighted by Crippen LogP contribution is -2.08. The van der Waals surface area contributed by atoms with Crippen molar-refractivity contribution in [1.82, 2.24) is 4.98 Å². The Balaban J connectivity index is 2.18. The van der Waals surface area contributed by atoms with Gasteiger partial charge in [-0.3, -0.25) is 9.78 Å². The Hall–Kier alpha value is -2.30. The van der Waals surface area contributed by atoms with E-state index in [1.807, 2.05) is 0 Å². The molecule has 0 saturated carbocycles. The van der Waals surface area contributed by atoms with Gasteiger partial charge in [0.2, 0.25) is 5.91 Å². The molecule has 0 radical (unpaired) electrons. The van der Waals surface area contributed by atoms with Crippen LogP contribution in [0.5, 0.6) is 0 Å². The van der Waals surface area contributed by atoms with E-state index >= 15 is 0 Å². The first-order valence-electron chi connectivity index (χ1n) is 5.28. The van der Waals surface area contributed by atoms with Crippen molar-refractivity contribution in [2.45, 2.75) is 13.3 Å². The topological polar surface area (TPSA) is 75.1 Å². The fourth-order valence-corrected chi connectivity index (χ4v) is 1.39. The SMILES string of the molecule is CCC(=O)Nc1ccc(-c2c[nH]c(=O)o2)cc1. The first-order chi connectivity index (χ1) is 8.19. The first kappa shape index (κ1) is 11.2. The minimum Gasteiger partial charge on any atom is -0.408 e. The standard InChI is InChI=1S/C12H12N2O3/c1-2-11(15)14-9-5-3-8(4-6-9)10-7-13-12(16)17-10/h3-7H,2H2,1H3,(H,13,16)(H,14,15). The van der Waals surface area contributed by atoms with Gasteiger partial charge >= 0.3 is 5.76 Å². The van der Waals surface area contributed by atoms with E-state index in [0.717, 1.165) is 11.3 Å². The Morgan fingerprint density at radius 3 is 2.59 bits per heavy atom. The molecule has 0 bridgehead atoms. The summed E-state index contributed by atoms with van der Waals surface area (Å²) in [7, 11) is 0. The summed E-state index contributed by atoms with van der Waals surface area (Å²) in [5.41, 5.74) is 1.50. The number of aromatic amines is 1. The second kappa shape index (κ2) is 4.69. The smallest absolute Gasteiger partial charge is 0.408 e. The highest BCUT2D eigenvalue weighted by Crippen LogP contribution is 2.19. The van der Waals surface area contributed by atoms with Crippen LogP contribution in [0.15, 0.2) is 39.7 Å². The molecule has 1 amide bonds. The van der Waals surface area contributed by atoms with Gasteiger partial charge in [0, 0.05) is 17.7 Å². The highest BCUT2D eigenvalue weighted by Gasteiger charge is 2.03. The molecule has 2 N–H and O–H groups in total. The van der Waals surface area contributed by atoms with Crippen LogP contribution in [0.1, 0.15) is 13.3 Å². The molecular formula is C12H12N2O3. The highest BCUT2D eigenvalue weighted by molar-refractivity contribution is 5.90. The number of carbonyl (C=O) groups is 1. The number of nitrogens with one attached hydrogen (secondary N) is 2. The predicted octanol–water partition coefficient (Wildman–Crippen LogP) is 1.98. The number of anilines is 1. The Kier molecular flexibility index (Phi) is 3.09. The third-order valence-electron chi connectivity index (χ3n) is 2.30. The summed E-state index contributed by atoms with van der Waals surface area (Å²) in [5.74, 6) is -0.0438. The number of amides is 1. The average molecular weight is 232 g/mol. The number of H-pyrrole nitrogens is 1. The molecule has 0 spiro atoms. The monoisotopic (exact) mass is 232 g/mol. The second-order valence-corrected chi connectivity index (χ2v) is 3.52. The van der Waals surface area contributed by atoms with Crippen LogP contribution in [0.25, 0.3) is 11.3 Å². The van der Waals surface area contributed by atoms with E-state index in [9.17, 15) is 9.59 Å². The number of oxazole rings is 1. The zero-order valence-corrected chi connectivity index (χ0v) is 9.32. The first-order valence-corrected chi connectivity index (χ1v) is 5.28. The van der Waals surface area contributed by atoms with Crippen LogP contribution in [0.3, 0.4) is 0 Å². The van der Waals surface area contributed by atoms with E-state index in [2.05, 4.69) is 10.3 Å². The van der Waals surface area contributed by atoms with E-state index in [0.29, 0.717) is 12.2 Å². The molecule has 88 valence electrons. The Bertz CT molecular complexity index is 566. The number of aromatic nitrogens is 1.